The van der Waals surface area contributed by atoms with Crippen molar-refractivity contribution in [3.05, 3.63) is 0 Å². The molecular weight excluding hydrogens is 224 g/mol. The van der Waals surface area contributed by atoms with E-state index >= 15 is 0 Å². The number of nitrogens with zero attached hydrogens (tertiary/aromatic N) is 2. The second kappa shape index (κ2) is 6.80. The van der Waals surface area contributed by atoms with E-state index < -0.39 is 0 Å². The molecule has 0 aromatic rings. The summed E-state index contributed by atoms with van der Waals surface area (Å²) in [5.41, 5.74) is 0. The normalized spacial score (nSPS) is 22.7. The topological polar surface area (TPSA) is 23.6 Å². The first-order valence-corrected chi connectivity index (χ1v) is 7.29. The SMILES string of the molecule is CCC#CCN1CCN(C2CCCCC2)C(=O)C1. The lowest BCUT2D eigenvalue weighted by molar-refractivity contribution is -0.139. The molecule has 2 aliphatic rings. The molecular formula is C15H24N2O. The first-order chi connectivity index (χ1) is 8.81. The molecule has 1 heterocycles. The lowest BCUT2D eigenvalue weighted by Gasteiger charge is -2.40. The molecule has 0 unspecified atom stereocenters. The van der Waals surface area contributed by atoms with Crippen LogP contribution in [0.15, 0.2) is 0 Å². The molecule has 0 radical (unpaired) electrons. The molecule has 1 amide bonds. The number of carbonyl (C=O) groups excluding carboxylic acids is 1. The Morgan fingerprint density at radius 2 is 1.94 bits per heavy atom. The quantitative estimate of drug-likeness (QED) is 0.697. The summed E-state index contributed by atoms with van der Waals surface area (Å²) in [5.74, 6) is 6.50. The first-order valence-electron chi connectivity index (χ1n) is 7.29. The van der Waals surface area contributed by atoms with Crippen LogP contribution in [0.25, 0.3) is 0 Å². The van der Waals surface area contributed by atoms with E-state index in [1.807, 2.05) is 0 Å². The van der Waals surface area contributed by atoms with Crippen molar-refractivity contribution in [2.24, 2.45) is 0 Å². The fraction of sp³-hybridized carbons (Fsp3) is 0.800. The second-order valence-electron chi connectivity index (χ2n) is 5.30. The average molecular weight is 248 g/mol. The van der Waals surface area contributed by atoms with Crippen molar-refractivity contribution >= 4 is 5.91 Å². The van der Waals surface area contributed by atoms with Gasteiger partial charge in [0.15, 0.2) is 0 Å². The zero-order valence-electron chi connectivity index (χ0n) is 11.5. The highest BCUT2D eigenvalue weighted by Gasteiger charge is 2.29. The minimum absolute atomic E-state index is 0.312. The molecule has 18 heavy (non-hydrogen) atoms. The Balaban J connectivity index is 1.82. The summed E-state index contributed by atoms with van der Waals surface area (Å²) in [5, 5.41) is 0. The first kappa shape index (κ1) is 13.4. The van der Waals surface area contributed by atoms with Gasteiger partial charge in [-0.3, -0.25) is 9.69 Å². The van der Waals surface area contributed by atoms with Gasteiger partial charge in [0.25, 0.3) is 0 Å². The van der Waals surface area contributed by atoms with Crippen molar-refractivity contribution in [1.29, 1.82) is 0 Å². The Morgan fingerprint density at radius 1 is 1.17 bits per heavy atom. The van der Waals surface area contributed by atoms with Gasteiger partial charge in [0.2, 0.25) is 5.91 Å². The Labute approximate surface area is 111 Å². The molecule has 0 spiro atoms. The van der Waals surface area contributed by atoms with E-state index in [0.29, 0.717) is 18.5 Å². The lowest BCUT2D eigenvalue weighted by Crippen LogP contribution is -2.54. The zero-order chi connectivity index (χ0) is 12.8. The number of piperazine rings is 1. The summed E-state index contributed by atoms with van der Waals surface area (Å²) in [6.07, 6.45) is 7.25. The molecule has 1 aliphatic heterocycles. The molecule has 2 fully saturated rings. The molecule has 1 saturated carbocycles. The fourth-order valence-corrected chi connectivity index (χ4v) is 2.94. The van der Waals surface area contributed by atoms with Crippen molar-refractivity contribution in [2.45, 2.75) is 51.5 Å². The third-order valence-electron chi connectivity index (χ3n) is 3.96. The molecule has 0 aromatic heterocycles. The summed E-state index contributed by atoms with van der Waals surface area (Å²) in [7, 11) is 0. The minimum Gasteiger partial charge on any atom is -0.337 e. The molecule has 1 aliphatic carbocycles. The van der Waals surface area contributed by atoms with E-state index in [1.54, 1.807) is 0 Å². The molecule has 3 heteroatoms. The molecule has 100 valence electrons. The Kier molecular flexibility index (Phi) is 5.07. The largest absolute Gasteiger partial charge is 0.337 e. The van der Waals surface area contributed by atoms with Gasteiger partial charge in [-0.05, 0) is 12.8 Å². The lowest BCUT2D eigenvalue weighted by atomic mass is 9.93. The van der Waals surface area contributed by atoms with Crippen molar-refractivity contribution in [2.75, 3.05) is 26.2 Å². The van der Waals surface area contributed by atoms with Gasteiger partial charge in [-0.15, -0.1) is 5.92 Å². The standard InChI is InChI=1S/C15H24N2O/c1-2-3-7-10-16-11-12-17(15(18)13-16)14-8-5-4-6-9-14/h14H,2,4-6,8-13H2,1H3. The van der Waals surface area contributed by atoms with Crippen molar-refractivity contribution in [1.82, 2.24) is 9.80 Å². The van der Waals surface area contributed by atoms with Crippen LogP contribution >= 0.6 is 0 Å². The van der Waals surface area contributed by atoms with Crippen LogP contribution in [0.5, 0.6) is 0 Å². The molecule has 0 N–H and O–H groups in total. The van der Waals surface area contributed by atoms with Gasteiger partial charge in [0.1, 0.15) is 0 Å². The maximum atomic E-state index is 12.2. The molecule has 0 atom stereocenters. The van der Waals surface area contributed by atoms with Crippen molar-refractivity contribution < 1.29 is 4.79 Å². The van der Waals surface area contributed by atoms with E-state index in [9.17, 15) is 4.79 Å². The highest BCUT2D eigenvalue weighted by molar-refractivity contribution is 5.79. The number of hydrogen-bond acceptors (Lipinski definition) is 2. The van der Waals surface area contributed by atoms with E-state index in [-0.39, 0.29) is 0 Å². The van der Waals surface area contributed by atoms with Crippen LogP contribution in [-0.4, -0.2) is 47.9 Å². The molecule has 0 bridgehead atoms. The van der Waals surface area contributed by atoms with Gasteiger partial charge in [0, 0.05) is 25.6 Å². The number of hydrogen-bond donors (Lipinski definition) is 0. The number of amides is 1. The maximum absolute atomic E-state index is 12.2. The summed E-state index contributed by atoms with van der Waals surface area (Å²) < 4.78 is 0. The van der Waals surface area contributed by atoms with Crippen molar-refractivity contribution in [3.63, 3.8) is 0 Å². The van der Waals surface area contributed by atoms with Gasteiger partial charge in [-0.25, -0.2) is 0 Å². The van der Waals surface area contributed by atoms with Gasteiger partial charge < -0.3 is 4.90 Å². The number of carbonyl (C=O) groups is 1. The molecule has 3 nitrogen and oxygen atoms in total. The van der Waals surface area contributed by atoms with Crippen LogP contribution < -0.4 is 0 Å². The Morgan fingerprint density at radius 3 is 2.61 bits per heavy atom. The average Bonchev–Trinajstić information content (AvgIpc) is 2.40. The molecule has 0 aromatic carbocycles. The van der Waals surface area contributed by atoms with Crippen LogP contribution in [0.1, 0.15) is 45.4 Å². The molecule has 2 rings (SSSR count). The summed E-state index contributed by atoms with van der Waals surface area (Å²) in [6.45, 7) is 5.25. The smallest absolute Gasteiger partial charge is 0.237 e. The van der Waals surface area contributed by atoms with Crippen LogP contribution in [0.3, 0.4) is 0 Å². The van der Waals surface area contributed by atoms with Gasteiger partial charge in [-0.1, -0.05) is 32.1 Å². The molecule has 1 saturated heterocycles. The third kappa shape index (κ3) is 3.49. The van der Waals surface area contributed by atoms with E-state index in [4.69, 9.17) is 0 Å². The van der Waals surface area contributed by atoms with E-state index in [0.717, 1.165) is 26.1 Å². The van der Waals surface area contributed by atoms with Gasteiger partial charge >= 0.3 is 0 Å². The van der Waals surface area contributed by atoms with Crippen molar-refractivity contribution in [3.8, 4) is 11.8 Å². The van der Waals surface area contributed by atoms with Gasteiger partial charge in [0.05, 0.1) is 13.1 Å². The Bertz CT molecular complexity index is 336. The monoisotopic (exact) mass is 248 g/mol. The van der Waals surface area contributed by atoms with Crippen LogP contribution in [-0.2, 0) is 4.79 Å². The Hall–Kier alpha value is -1.01. The van der Waals surface area contributed by atoms with Crippen LogP contribution in [0.4, 0.5) is 0 Å². The summed E-state index contributed by atoms with van der Waals surface area (Å²) in [6, 6.07) is 0.523. The second-order valence-corrected chi connectivity index (χ2v) is 5.30. The predicted molar refractivity (Wildman–Crippen MR) is 73.1 cm³/mol. The minimum atomic E-state index is 0.312. The fourth-order valence-electron chi connectivity index (χ4n) is 2.94. The highest BCUT2D eigenvalue weighted by atomic mass is 16.2. The van der Waals surface area contributed by atoms with Crippen LogP contribution in [0.2, 0.25) is 0 Å². The summed E-state index contributed by atoms with van der Waals surface area (Å²) in [4.78, 5) is 16.5. The van der Waals surface area contributed by atoms with Crippen LogP contribution in [0, 0.1) is 11.8 Å². The van der Waals surface area contributed by atoms with Gasteiger partial charge in [-0.2, -0.15) is 0 Å². The summed E-state index contributed by atoms with van der Waals surface area (Å²) >= 11 is 0. The maximum Gasteiger partial charge on any atom is 0.237 e. The third-order valence-corrected chi connectivity index (χ3v) is 3.96. The zero-order valence-corrected chi connectivity index (χ0v) is 11.5. The predicted octanol–water partition coefficient (Wildman–Crippen LogP) is 1.88. The highest BCUT2D eigenvalue weighted by Crippen LogP contribution is 2.23. The number of rotatable bonds is 2. The van der Waals surface area contributed by atoms with E-state index in [2.05, 4.69) is 28.6 Å². The van der Waals surface area contributed by atoms with E-state index in [1.165, 1.54) is 32.1 Å².